The van der Waals surface area contributed by atoms with Gasteiger partial charge in [0.2, 0.25) is 0 Å². The topological polar surface area (TPSA) is 24.7 Å². The molecule has 7 rings (SSSR count). The Hall–Kier alpha value is -5.06. The van der Waals surface area contributed by atoms with Crippen LogP contribution in [0.3, 0.4) is 0 Å². The Morgan fingerprint density at radius 3 is 1.00 bits per heavy atom. The Balaban J connectivity index is 1.48. The number of nitrogens with zero attached hydrogens (tertiary/aromatic N) is 2. The van der Waals surface area contributed by atoms with Gasteiger partial charge in [-0.25, -0.2) is 9.98 Å². The quantitative estimate of drug-likeness (QED) is 0.159. The zero-order valence-corrected chi connectivity index (χ0v) is 28.9. The molecular weight excluding hydrogens is 711 g/mol. The van der Waals surface area contributed by atoms with E-state index >= 15 is 26.3 Å². The van der Waals surface area contributed by atoms with E-state index in [1.54, 1.807) is 133 Å². The third kappa shape index (κ3) is 7.73. The zero-order valence-electron chi connectivity index (χ0n) is 27.2. The molecule has 6 aromatic rings. The van der Waals surface area contributed by atoms with Gasteiger partial charge in [0.05, 0.1) is 22.5 Å². The van der Waals surface area contributed by atoms with Gasteiger partial charge in [0.25, 0.3) is 0 Å². The Kier molecular flexibility index (Phi) is 10.1. The van der Waals surface area contributed by atoms with Crippen LogP contribution in [-0.4, -0.2) is 21.6 Å². The number of halogens is 6. The van der Waals surface area contributed by atoms with Crippen LogP contribution in [0.15, 0.2) is 156 Å². The molecule has 1 heterocycles. The summed E-state index contributed by atoms with van der Waals surface area (Å²) < 4.78 is 90.0. The van der Waals surface area contributed by atoms with E-state index in [2.05, 4.69) is 9.98 Å². The summed E-state index contributed by atoms with van der Waals surface area (Å²) in [6, 6.07) is 40.3. The van der Waals surface area contributed by atoms with Crippen molar-refractivity contribution in [2.45, 2.75) is 12.4 Å². The predicted molar refractivity (Wildman–Crippen MR) is 204 cm³/mol. The van der Waals surface area contributed by atoms with Gasteiger partial charge in [-0.2, -0.15) is 26.3 Å². The smallest absolute Gasteiger partial charge is 0.238 e. The maximum Gasteiger partial charge on any atom is 0.418 e. The molecule has 1 aliphatic rings. The van der Waals surface area contributed by atoms with E-state index in [9.17, 15) is 0 Å². The molecule has 0 atom stereocenters. The van der Waals surface area contributed by atoms with Crippen LogP contribution in [0.1, 0.15) is 11.1 Å². The normalized spacial score (nSPS) is 15.3. The second kappa shape index (κ2) is 14.9. The van der Waals surface area contributed by atoms with Gasteiger partial charge in [-0.1, -0.05) is 121 Å². The third-order valence-corrected chi connectivity index (χ3v) is 10.7. The average Bonchev–Trinajstić information content (AvgIpc) is 3.16. The lowest BCUT2D eigenvalue weighted by Gasteiger charge is -2.21. The number of hydrogen-bond acceptors (Lipinski definition) is 4. The van der Waals surface area contributed by atoms with Gasteiger partial charge >= 0.3 is 12.4 Å². The van der Waals surface area contributed by atoms with Crippen LogP contribution in [0.25, 0.3) is 44.5 Å². The summed E-state index contributed by atoms with van der Waals surface area (Å²) in [6.07, 6.45) is -9.59. The number of benzene rings is 6. The number of thioether (sulfide) groups is 2. The van der Waals surface area contributed by atoms with Crippen molar-refractivity contribution in [1.82, 2.24) is 0 Å². The van der Waals surface area contributed by atoms with E-state index < -0.39 is 23.5 Å². The SMILES string of the molecule is FC(F)(F)c1cc(-c2ccccc2)cc(-c2ccccc2)c1N=C1SCCSC1=Nc1c(-c2ccccc2)cc(-c2ccccc2)cc1C(F)(F)F. The minimum absolute atomic E-state index is 0.116. The molecule has 0 radical (unpaired) electrons. The number of rotatable bonds is 6. The molecule has 6 aromatic carbocycles. The van der Waals surface area contributed by atoms with Crippen LogP contribution in [0, 0.1) is 0 Å². The van der Waals surface area contributed by atoms with Crippen LogP contribution in [0.2, 0.25) is 0 Å². The van der Waals surface area contributed by atoms with E-state index in [1.807, 2.05) is 0 Å². The van der Waals surface area contributed by atoms with Crippen LogP contribution in [-0.2, 0) is 12.4 Å². The molecule has 0 aliphatic carbocycles. The summed E-state index contributed by atoms with van der Waals surface area (Å²) >= 11 is 2.35. The first-order valence-corrected chi connectivity index (χ1v) is 18.2. The largest absolute Gasteiger partial charge is 0.418 e. The van der Waals surface area contributed by atoms with Gasteiger partial charge in [0.15, 0.2) is 0 Å². The predicted octanol–water partition coefficient (Wildman–Crippen LogP) is 13.6. The molecule has 0 saturated carbocycles. The van der Waals surface area contributed by atoms with E-state index in [1.165, 1.54) is 23.5 Å². The van der Waals surface area contributed by atoms with Crippen LogP contribution < -0.4 is 0 Å². The van der Waals surface area contributed by atoms with E-state index in [4.69, 9.17) is 0 Å². The summed E-state index contributed by atoms with van der Waals surface area (Å²) in [5, 5.41) is 0.233. The van der Waals surface area contributed by atoms with Crippen molar-refractivity contribution in [2.24, 2.45) is 9.98 Å². The Morgan fingerprint density at radius 2 is 0.692 bits per heavy atom. The first-order chi connectivity index (χ1) is 25.1. The van der Waals surface area contributed by atoms with Crippen LogP contribution >= 0.6 is 23.5 Å². The van der Waals surface area contributed by atoms with E-state index in [-0.39, 0.29) is 32.6 Å². The molecule has 1 fully saturated rings. The summed E-state index contributed by atoms with van der Waals surface area (Å²) in [5.41, 5.74) is 0.863. The molecule has 10 heteroatoms. The standard InChI is InChI=1S/C42H28F6N2S2/c43-41(44,45)35-25-31(27-13-5-1-6-14-27)23-33(29-17-9-3-10-18-29)37(35)49-39-40(52-22-21-51-39)50-38-34(30-19-11-4-12-20-30)24-32(26-36(38)42(46,47)48)28-15-7-2-8-16-28/h1-20,23-26H,21-22H2. The molecule has 1 saturated heterocycles. The maximum atomic E-state index is 15.0. The summed E-state index contributed by atoms with van der Waals surface area (Å²) in [4.78, 5) is 9.32. The molecular formula is C42H28F6N2S2. The molecule has 260 valence electrons. The number of alkyl halides is 6. The lowest BCUT2D eigenvalue weighted by atomic mass is 9.93. The van der Waals surface area contributed by atoms with E-state index in [0.29, 0.717) is 44.9 Å². The monoisotopic (exact) mass is 738 g/mol. The lowest BCUT2D eigenvalue weighted by Crippen LogP contribution is -2.16. The van der Waals surface area contributed by atoms with Crippen LogP contribution in [0.4, 0.5) is 37.7 Å². The molecule has 52 heavy (non-hydrogen) atoms. The minimum Gasteiger partial charge on any atom is -0.238 e. The van der Waals surface area contributed by atoms with Gasteiger partial charge in [0, 0.05) is 22.6 Å². The maximum absolute atomic E-state index is 15.0. The van der Waals surface area contributed by atoms with Gasteiger partial charge in [-0.05, 0) is 57.6 Å². The van der Waals surface area contributed by atoms with Crippen molar-refractivity contribution in [2.75, 3.05) is 11.5 Å². The lowest BCUT2D eigenvalue weighted by molar-refractivity contribution is -0.137. The van der Waals surface area contributed by atoms with Crippen molar-refractivity contribution < 1.29 is 26.3 Å². The molecule has 0 bridgehead atoms. The van der Waals surface area contributed by atoms with Crippen molar-refractivity contribution in [3.05, 3.63) is 157 Å². The molecule has 1 aliphatic heterocycles. The highest BCUT2D eigenvalue weighted by molar-refractivity contribution is 8.27. The highest BCUT2D eigenvalue weighted by atomic mass is 32.2. The first kappa shape index (κ1) is 35.3. The molecule has 0 aromatic heterocycles. The third-order valence-electron chi connectivity index (χ3n) is 8.39. The van der Waals surface area contributed by atoms with Crippen molar-refractivity contribution in [3.8, 4) is 44.5 Å². The van der Waals surface area contributed by atoms with Gasteiger partial charge in [0.1, 0.15) is 10.1 Å². The Morgan fingerprint density at radius 1 is 0.385 bits per heavy atom. The highest BCUT2D eigenvalue weighted by Crippen LogP contribution is 2.48. The fraction of sp³-hybridized carbons (Fsp3) is 0.0952. The van der Waals surface area contributed by atoms with Crippen molar-refractivity contribution in [3.63, 3.8) is 0 Å². The Bertz CT molecular complexity index is 2090. The summed E-state index contributed by atoms with van der Waals surface area (Å²) in [6.45, 7) is 0. The van der Waals surface area contributed by atoms with Crippen molar-refractivity contribution >= 4 is 45.0 Å². The number of aliphatic imine (C=N–C) groups is 2. The second-order valence-electron chi connectivity index (χ2n) is 11.8. The molecule has 0 spiro atoms. The Labute approximate surface area is 305 Å². The minimum atomic E-state index is -4.80. The molecule has 0 N–H and O–H groups in total. The molecule has 0 unspecified atom stereocenters. The van der Waals surface area contributed by atoms with Crippen LogP contribution in [0.5, 0.6) is 0 Å². The first-order valence-electron chi connectivity index (χ1n) is 16.2. The van der Waals surface area contributed by atoms with Gasteiger partial charge < -0.3 is 0 Å². The number of hydrogen-bond donors (Lipinski definition) is 0. The highest BCUT2D eigenvalue weighted by Gasteiger charge is 2.38. The fourth-order valence-corrected chi connectivity index (χ4v) is 8.03. The second-order valence-corrected chi connectivity index (χ2v) is 14.0. The summed E-state index contributed by atoms with van der Waals surface area (Å²) in [7, 11) is 0. The van der Waals surface area contributed by atoms with Gasteiger partial charge in [-0.3, -0.25) is 0 Å². The zero-order chi connectivity index (χ0) is 36.3. The summed E-state index contributed by atoms with van der Waals surface area (Å²) in [5.74, 6) is 0.967. The molecule has 2 nitrogen and oxygen atoms in total. The average molecular weight is 739 g/mol. The van der Waals surface area contributed by atoms with Gasteiger partial charge in [-0.15, -0.1) is 23.5 Å². The van der Waals surface area contributed by atoms with E-state index in [0.717, 1.165) is 12.1 Å². The molecule has 0 amide bonds. The fourth-order valence-electron chi connectivity index (χ4n) is 5.98. The van der Waals surface area contributed by atoms with Crippen molar-refractivity contribution in [1.29, 1.82) is 0 Å².